The molecule has 4 rings (SSSR count). The van der Waals surface area contributed by atoms with E-state index in [9.17, 15) is 4.79 Å². The topological polar surface area (TPSA) is 51.2 Å². The molecule has 160 valence electrons. The summed E-state index contributed by atoms with van der Waals surface area (Å²) in [6.45, 7) is 2.49. The Balaban J connectivity index is 1.33. The van der Waals surface area contributed by atoms with Crippen molar-refractivity contribution < 1.29 is 9.53 Å². The summed E-state index contributed by atoms with van der Waals surface area (Å²) in [5.74, 6) is 1.90. The van der Waals surface area contributed by atoms with Crippen molar-refractivity contribution in [2.75, 3.05) is 5.32 Å². The van der Waals surface area contributed by atoms with E-state index in [1.807, 2.05) is 67.6 Å². The van der Waals surface area contributed by atoms with Gasteiger partial charge in [-0.15, -0.1) is 0 Å². The van der Waals surface area contributed by atoms with E-state index in [-0.39, 0.29) is 5.78 Å². The standard InChI is InChI=1S/C27H30N2O2/c1-20-17-25(31-19-24-11-2-3-16-28-24)14-15-26(20)29-23-12-6-10-22(18-23)27(30)13-5-9-21-7-4-8-21/h2-3,6,10-12,14-18,21,29H,4-5,7-9,13,19H2,1H3. The molecule has 1 heterocycles. The van der Waals surface area contributed by atoms with Gasteiger partial charge in [0.2, 0.25) is 0 Å². The van der Waals surface area contributed by atoms with Crippen LogP contribution in [-0.4, -0.2) is 10.8 Å². The monoisotopic (exact) mass is 414 g/mol. The van der Waals surface area contributed by atoms with Crippen LogP contribution in [0.4, 0.5) is 11.4 Å². The van der Waals surface area contributed by atoms with E-state index >= 15 is 0 Å². The van der Waals surface area contributed by atoms with Crippen LogP contribution in [0.2, 0.25) is 0 Å². The minimum absolute atomic E-state index is 0.234. The van der Waals surface area contributed by atoms with Crippen LogP contribution in [-0.2, 0) is 6.61 Å². The molecule has 0 saturated heterocycles. The first-order valence-corrected chi connectivity index (χ1v) is 11.2. The van der Waals surface area contributed by atoms with Gasteiger partial charge < -0.3 is 10.1 Å². The van der Waals surface area contributed by atoms with Gasteiger partial charge in [-0.2, -0.15) is 0 Å². The van der Waals surface area contributed by atoms with Gasteiger partial charge in [0.25, 0.3) is 0 Å². The first kappa shape index (κ1) is 21.1. The lowest BCUT2D eigenvalue weighted by molar-refractivity contribution is 0.0975. The van der Waals surface area contributed by atoms with Gasteiger partial charge in [0.1, 0.15) is 12.4 Å². The molecular formula is C27H30N2O2. The average molecular weight is 415 g/mol. The molecule has 0 spiro atoms. The maximum absolute atomic E-state index is 12.6. The largest absolute Gasteiger partial charge is 0.487 e. The van der Waals surface area contributed by atoms with Gasteiger partial charge in [0.05, 0.1) is 5.69 Å². The van der Waals surface area contributed by atoms with Gasteiger partial charge in [-0.25, -0.2) is 0 Å². The van der Waals surface area contributed by atoms with Crippen LogP contribution in [0, 0.1) is 12.8 Å². The van der Waals surface area contributed by atoms with Gasteiger partial charge in [0.15, 0.2) is 5.78 Å². The number of hydrogen-bond acceptors (Lipinski definition) is 4. The van der Waals surface area contributed by atoms with Crippen LogP contribution in [0.5, 0.6) is 5.75 Å². The van der Waals surface area contributed by atoms with E-state index in [1.54, 1.807) is 6.20 Å². The van der Waals surface area contributed by atoms with Crippen molar-refractivity contribution in [1.29, 1.82) is 0 Å². The fourth-order valence-corrected chi connectivity index (χ4v) is 3.91. The van der Waals surface area contributed by atoms with Crippen molar-refractivity contribution in [3.05, 3.63) is 83.7 Å². The summed E-state index contributed by atoms with van der Waals surface area (Å²) in [4.78, 5) is 16.9. The van der Waals surface area contributed by atoms with Crippen LogP contribution < -0.4 is 10.1 Å². The normalized spacial score (nSPS) is 13.5. The fraction of sp³-hybridized carbons (Fsp3) is 0.333. The van der Waals surface area contributed by atoms with Crippen molar-refractivity contribution in [3.63, 3.8) is 0 Å². The molecule has 1 aliphatic carbocycles. The second-order valence-electron chi connectivity index (χ2n) is 8.40. The number of nitrogens with one attached hydrogen (secondary N) is 1. The predicted molar refractivity (Wildman–Crippen MR) is 125 cm³/mol. The number of ketones is 1. The quantitative estimate of drug-likeness (QED) is 0.368. The number of ether oxygens (including phenoxy) is 1. The molecule has 0 radical (unpaired) electrons. The summed E-state index contributed by atoms with van der Waals surface area (Å²) in [6.07, 6.45) is 8.66. The summed E-state index contributed by atoms with van der Waals surface area (Å²) < 4.78 is 5.86. The van der Waals surface area contributed by atoms with Crippen molar-refractivity contribution in [2.45, 2.75) is 52.1 Å². The zero-order valence-electron chi connectivity index (χ0n) is 18.1. The molecule has 0 amide bonds. The zero-order chi connectivity index (χ0) is 21.5. The van der Waals surface area contributed by atoms with E-state index in [2.05, 4.69) is 10.3 Å². The maximum Gasteiger partial charge on any atom is 0.162 e. The third-order valence-corrected chi connectivity index (χ3v) is 6.02. The Bertz CT molecular complexity index is 1010. The molecule has 0 bridgehead atoms. The number of aryl methyl sites for hydroxylation is 1. The first-order chi connectivity index (χ1) is 15.2. The number of rotatable bonds is 10. The highest BCUT2D eigenvalue weighted by Crippen LogP contribution is 2.31. The molecular weight excluding hydrogens is 384 g/mol. The van der Waals surface area contributed by atoms with Crippen molar-refractivity contribution in [1.82, 2.24) is 4.98 Å². The molecule has 1 aliphatic rings. The Morgan fingerprint density at radius 1 is 1.10 bits per heavy atom. The molecule has 1 N–H and O–H groups in total. The number of Topliss-reactive ketones (excluding diaryl/α,β-unsaturated/α-hetero) is 1. The van der Waals surface area contributed by atoms with Crippen LogP contribution >= 0.6 is 0 Å². The number of carbonyl (C=O) groups excluding carboxylic acids is 1. The average Bonchev–Trinajstić information content (AvgIpc) is 2.76. The summed E-state index contributed by atoms with van der Waals surface area (Å²) in [5, 5.41) is 3.44. The SMILES string of the molecule is Cc1cc(OCc2ccccn2)ccc1Nc1cccc(C(=O)CCCC2CCC2)c1. The van der Waals surface area contributed by atoms with Crippen LogP contribution in [0.15, 0.2) is 66.9 Å². The minimum Gasteiger partial charge on any atom is -0.487 e. The lowest BCUT2D eigenvalue weighted by Crippen LogP contribution is -2.11. The highest BCUT2D eigenvalue weighted by atomic mass is 16.5. The molecule has 0 atom stereocenters. The number of anilines is 2. The molecule has 3 aromatic rings. The van der Waals surface area contributed by atoms with E-state index < -0.39 is 0 Å². The van der Waals surface area contributed by atoms with Gasteiger partial charge in [-0.1, -0.05) is 43.9 Å². The smallest absolute Gasteiger partial charge is 0.162 e. The molecule has 31 heavy (non-hydrogen) atoms. The maximum atomic E-state index is 12.6. The number of carbonyl (C=O) groups is 1. The zero-order valence-corrected chi connectivity index (χ0v) is 18.1. The minimum atomic E-state index is 0.234. The second-order valence-corrected chi connectivity index (χ2v) is 8.40. The third kappa shape index (κ3) is 5.94. The third-order valence-electron chi connectivity index (χ3n) is 6.02. The van der Waals surface area contributed by atoms with Crippen molar-refractivity contribution in [2.24, 2.45) is 5.92 Å². The Morgan fingerprint density at radius 2 is 2.00 bits per heavy atom. The number of pyridine rings is 1. The van der Waals surface area contributed by atoms with E-state index in [0.29, 0.717) is 13.0 Å². The number of aromatic nitrogens is 1. The Hall–Kier alpha value is -3.14. The van der Waals surface area contributed by atoms with Gasteiger partial charge >= 0.3 is 0 Å². The highest BCUT2D eigenvalue weighted by molar-refractivity contribution is 5.97. The molecule has 0 unspecified atom stereocenters. The van der Waals surface area contributed by atoms with Gasteiger partial charge in [-0.05, 0) is 67.3 Å². The van der Waals surface area contributed by atoms with E-state index in [4.69, 9.17) is 4.74 Å². The van der Waals surface area contributed by atoms with Crippen molar-refractivity contribution >= 4 is 17.2 Å². The molecule has 2 aromatic carbocycles. The fourth-order valence-electron chi connectivity index (χ4n) is 3.91. The first-order valence-electron chi connectivity index (χ1n) is 11.2. The van der Waals surface area contributed by atoms with Crippen LogP contribution in [0.3, 0.4) is 0 Å². The Morgan fingerprint density at radius 3 is 2.74 bits per heavy atom. The lowest BCUT2D eigenvalue weighted by Gasteiger charge is -2.24. The molecule has 1 fully saturated rings. The van der Waals surface area contributed by atoms with Gasteiger partial charge in [0, 0.05) is 29.6 Å². The lowest BCUT2D eigenvalue weighted by atomic mass is 9.81. The van der Waals surface area contributed by atoms with E-state index in [1.165, 1.54) is 25.7 Å². The molecule has 1 aromatic heterocycles. The highest BCUT2D eigenvalue weighted by Gasteiger charge is 2.17. The predicted octanol–water partition coefficient (Wildman–Crippen LogP) is 6.87. The molecule has 4 heteroatoms. The Labute approximate surface area is 184 Å². The van der Waals surface area contributed by atoms with Gasteiger partial charge in [-0.3, -0.25) is 9.78 Å². The summed E-state index contributed by atoms with van der Waals surface area (Å²) in [5.41, 5.74) is 4.69. The summed E-state index contributed by atoms with van der Waals surface area (Å²) >= 11 is 0. The molecule has 1 saturated carbocycles. The molecule has 4 nitrogen and oxygen atoms in total. The van der Waals surface area contributed by atoms with E-state index in [0.717, 1.165) is 46.3 Å². The van der Waals surface area contributed by atoms with Crippen LogP contribution in [0.1, 0.15) is 60.1 Å². The summed E-state index contributed by atoms with van der Waals surface area (Å²) in [6, 6.07) is 19.6. The second kappa shape index (κ2) is 10.3. The Kier molecular flexibility index (Phi) is 6.98. The summed E-state index contributed by atoms with van der Waals surface area (Å²) in [7, 11) is 0. The number of hydrogen-bond donors (Lipinski definition) is 1. The molecule has 0 aliphatic heterocycles. The number of benzene rings is 2. The van der Waals surface area contributed by atoms with Crippen LogP contribution in [0.25, 0.3) is 0 Å². The van der Waals surface area contributed by atoms with Crippen molar-refractivity contribution in [3.8, 4) is 5.75 Å². The number of nitrogens with zero attached hydrogens (tertiary/aromatic N) is 1.